The number of benzene rings is 1. The third kappa shape index (κ3) is 4.63. The van der Waals surface area contributed by atoms with Gasteiger partial charge in [0.25, 0.3) is 0 Å². The molecule has 0 spiro atoms. The highest BCUT2D eigenvalue weighted by Crippen LogP contribution is 2.24. The molecule has 0 aliphatic carbocycles. The third-order valence-corrected chi connectivity index (χ3v) is 7.48. The third-order valence-electron chi connectivity index (χ3n) is 4.53. The van der Waals surface area contributed by atoms with Crippen molar-refractivity contribution in [1.82, 2.24) is 4.31 Å². The molecule has 2 aromatic rings. The van der Waals surface area contributed by atoms with Gasteiger partial charge in [0.05, 0.1) is 15.7 Å². The van der Waals surface area contributed by atoms with E-state index in [0.717, 1.165) is 4.88 Å². The van der Waals surface area contributed by atoms with Crippen molar-refractivity contribution >= 4 is 33.1 Å². The van der Waals surface area contributed by atoms with E-state index in [1.54, 1.807) is 36.4 Å². The largest absolute Gasteiger partial charge is 0.457 e. The Labute approximate surface area is 162 Å². The van der Waals surface area contributed by atoms with E-state index < -0.39 is 16.0 Å². The fourth-order valence-corrected chi connectivity index (χ4v) is 5.27. The summed E-state index contributed by atoms with van der Waals surface area (Å²) < 4.78 is 31.8. The molecule has 8 heteroatoms. The van der Waals surface area contributed by atoms with Crippen LogP contribution in [0.25, 0.3) is 0 Å². The van der Waals surface area contributed by atoms with Crippen molar-refractivity contribution in [2.24, 2.45) is 5.92 Å². The van der Waals surface area contributed by atoms with Crippen LogP contribution in [0, 0.1) is 12.8 Å². The molecule has 1 aliphatic heterocycles. The molecule has 1 aliphatic rings. The molecule has 1 fully saturated rings. The smallest absolute Gasteiger partial charge is 0.309 e. The molecule has 2 heterocycles. The highest BCUT2D eigenvalue weighted by molar-refractivity contribution is 7.89. The van der Waals surface area contributed by atoms with Gasteiger partial charge in [-0.3, -0.25) is 9.59 Å². The van der Waals surface area contributed by atoms with E-state index in [-0.39, 0.29) is 36.3 Å². The van der Waals surface area contributed by atoms with Crippen LogP contribution in [-0.2, 0) is 19.6 Å². The van der Waals surface area contributed by atoms with Gasteiger partial charge < -0.3 is 4.74 Å². The van der Waals surface area contributed by atoms with E-state index in [4.69, 9.17) is 4.74 Å². The number of thiophene rings is 1. The predicted octanol–water partition coefficient (Wildman–Crippen LogP) is 2.88. The summed E-state index contributed by atoms with van der Waals surface area (Å²) >= 11 is 1.37. The first-order valence-corrected chi connectivity index (χ1v) is 10.9. The molecule has 144 valence electrons. The lowest BCUT2D eigenvalue weighted by Gasteiger charge is -2.30. The molecule has 27 heavy (non-hydrogen) atoms. The second-order valence-corrected chi connectivity index (χ2v) is 9.66. The number of ketones is 1. The highest BCUT2D eigenvalue weighted by Gasteiger charge is 2.32. The number of esters is 1. The van der Waals surface area contributed by atoms with Crippen molar-refractivity contribution in [2.75, 3.05) is 19.7 Å². The summed E-state index contributed by atoms with van der Waals surface area (Å²) in [4.78, 5) is 26.1. The van der Waals surface area contributed by atoms with Gasteiger partial charge in [0.1, 0.15) is 0 Å². The molecule has 0 saturated carbocycles. The van der Waals surface area contributed by atoms with Crippen LogP contribution < -0.4 is 0 Å². The number of rotatable bonds is 6. The normalized spacial score (nSPS) is 16.2. The van der Waals surface area contributed by atoms with Gasteiger partial charge in [0.15, 0.2) is 6.61 Å². The first-order valence-electron chi connectivity index (χ1n) is 8.69. The molecule has 1 saturated heterocycles. The zero-order chi connectivity index (χ0) is 19.4. The summed E-state index contributed by atoms with van der Waals surface area (Å²) in [7, 11) is -3.54. The number of hydrogen-bond acceptors (Lipinski definition) is 6. The monoisotopic (exact) mass is 407 g/mol. The summed E-state index contributed by atoms with van der Waals surface area (Å²) in [5.74, 6) is -1.04. The number of carbonyl (C=O) groups is 2. The number of piperidine rings is 1. The van der Waals surface area contributed by atoms with E-state index >= 15 is 0 Å². The first-order chi connectivity index (χ1) is 12.9. The van der Waals surface area contributed by atoms with Crippen LogP contribution >= 0.6 is 11.3 Å². The topological polar surface area (TPSA) is 80.8 Å². The lowest BCUT2D eigenvalue weighted by molar-refractivity contribution is -0.148. The molecule has 0 atom stereocenters. The molecule has 0 radical (unpaired) electrons. The quantitative estimate of drug-likeness (QED) is 0.543. The standard InChI is InChI=1S/C19H21NO5S2/c1-14-7-8-18(26-14)17(21)13-25-19(22)15-9-11-20(12-10-15)27(23,24)16-5-3-2-4-6-16/h2-8,15H,9-13H2,1H3. The van der Waals surface area contributed by atoms with E-state index in [9.17, 15) is 18.0 Å². The Hall–Kier alpha value is -2.03. The zero-order valence-electron chi connectivity index (χ0n) is 15.0. The van der Waals surface area contributed by atoms with Crippen LogP contribution in [0.4, 0.5) is 0 Å². The Balaban J connectivity index is 1.51. The highest BCUT2D eigenvalue weighted by atomic mass is 32.2. The van der Waals surface area contributed by atoms with Crippen molar-refractivity contribution in [3.8, 4) is 0 Å². The molecule has 0 bridgehead atoms. The van der Waals surface area contributed by atoms with Gasteiger partial charge in [-0.1, -0.05) is 18.2 Å². The Bertz CT molecular complexity index is 913. The van der Waals surface area contributed by atoms with Gasteiger partial charge in [0.2, 0.25) is 15.8 Å². The van der Waals surface area contributed by atoms with Gasteiger partial charge in [-0.25, -0.2) is 8.42 Å². The number of nitrogens with zero attached hydrogens (tertiary/aromatic N) is 1. The Kier molecular flexibility index (Phi) is 6.08. The first kappa shape index (κ1) is 19.7. The van der Waals surface area contributed by atoms with E-state index in [1.807, 2.05) is 13.0 Å². The van der Waals surface area contributed by atoms with E-state index in [2.05, 4.69) is 0 Å². The number of hydrogen-bond donors (Lipinski definition) is 0. The average Bonchev–Trinajstić information content (AvgIpc) is 3.13. The Morgan fingerprint density at radius 1 is 1.11 bits per heavy atom. The van der Waals surface area contributed by atoms with Gasteiger partial charge >= 0.3 is 5.97 Å². The second-order valence-electron chi connectivity index (χ2n) is 6.43. The van der Waals surface area contributed by atoms with Gasteiger partial charge in [-0.15, -0.1) is 11.3 Å². The SMILES string of the molecule is Cc1ccc(C(=O)COC(=O)C2CCN(S(=O)(=O)c3ccccc3)CC2)s1. The zero-order valence-corrected chi connectivity index (χ0v) is 16.6. The second kappa shape index (κ2) is 8.33. The minimum Gasteiger partial charge on any atom is -0.457 e. The maximum atomic E-state index is 12.6. The summed E-state index contributed by atoms with van der Waals surface area (Å²) in [6.07, 6.45) is 0.772. The fraction of sp³-hybridized carbons (Fsp3) is 0.368. The Morgan fingerprint density at radius 2 is 1.78 bits per heavy atom. The van der Waals surface area contributed by atoms with Crippen LogP contribution in [0.5, 0.6) is 0 Å². The van der Waals surface area contributed by atoms with Crippen molar-refractivity contribution in [2.45, 2.75) is 24.7 Å². The minimum absolute atomic E-state index is 0.217. The van der Waals surface area contributed by atoms with Crippen molar-refractivity contribution in [3.63, 3.8) is 0 Å². The van der Waals surface area contributed by atoms with E-state index in [0.29, 0.717) is 17.7 Å². The molecule has 1 aromatic carbocycles. The summed E-state index contributed by atoms with van der Waals surface area (Å²) in [6, 6.07) is 11.8. The number of ether oxygens (including phenoxy) is 1. The van der Waals surface area contributed by atoms with Crippen molar-refractivity contribution < 1.29 is 22.7 Å². The molecular formula is C19H21NO5S2. The van der Waals surface area contributed by atoms with Gasteiger partial charge in [-0.05, 0) is 44.0 Å². The molecule has 3 rings (SSSR count). The summed E-state index contributed by atoms with van der Waals surface area (Å²) in [5, 5.41) is 0. The fourth-order valence-electron chi connectivity index (χ4n) is 2.98. The number of sulfonamides is 1. The number of carbonyl (C=O) groups excluding carboxylic acids is 2. The predicted molar refractivity (Wildman–Crippen MR) is 102 cm³/mol. The van der Waals surface area contributed by atoms with E-state index in [1.165, 1.54) is 15.6 Å². The van der Waals surface area contributed by atoms with Crippen LogP contribution in [0.3, 0.4) is 0 Å². The lowest BCUT2D eigenvalue weighted by atomic mass is 9.98. The summed E-state index contributed by atoms with van der Waals surface area (Å²) in [5.41, 5.74) is 0. The molecule has 0 unspecified atom stereocenters. The summed E-state index contributed by atoms with van der Waals surface area (Å²) in [6.45, 7) is 2.15. The van der Waals surface area contributed by atoms with Crippen LogP contribution in [-0.4, -0.2) is 44.2 Å². The number of Topliss-reactive ketones (excluding diaryl/α,β-unsaturated/α-hetero) is 1. The maximum absolute atomic E-state index is 12.6. The van der Waals surface area contributed by atoms with Crippen molar-refractivity contribution in [1.29, 1.82) is 0 Å². The molecule has 1 aromatic heterocycles. The lowest BCUT2D eigenvalue weighted by Crippen LogP contribution is -2.40. The van der Waals surface area contributed by atoms with Gasteiger partial charge in [0, 0.05) is 18.0 Å². The van der Waals surface area contributed by atoms with Crippen LogP contribution in [0.2, 0.25) is 0 Å². The molecule has 6 nitrogen and oxygen atoms in total. The molecule has 0 amide bonds. The van der Waals surface area contributed by atoms with Crippen molar-refractivity contribution in [3.05, 3.63) is 52.2 Å². The average molecular weight is 408 g/mol. The molecular weight excluding hydrogens is 386 g/mol. The number of aryl methyl sites for hydroxylation is 1. The van der Waals surface area contributed by atoms with Gasteiger partial charge in [-0.2, -0.15) is 4.31 Å². The maximum Gasteiger partial charge on any atom is 0.309 e. The minimum atomic E-state index is -3.54. The Morgan fingerprint density at radius 3 is 2.37 bits per heavy atom. The molecule has 0 N–H and O–H groups in total. The van der Waals surface area contributed by atoms with Crippen LogP contribution in [0.15, 0.2) is 47.4 Å². The van der Waals surface area contributed by atoms with Crippen LogP contribution in [0.1, 0.15) is 27.4 Å².